The molecule has 22 heavy (non-hydrogen) atoms. The number of allylic oxidation sites excluding steroid dienone is 1. The van der Waals surface area contributed by atoms with Crippen LogP contribution in [-0.4, -0.2) is 21.2 Å². The number of benzene rings is 1. The number of hydrogen-bond donors (Lipinski definition) is 1. The number of rotatable bonds is 4. The van der Waals surface area contributed by atoms with E-state index in [2.05, 4.69) is 0 Å². The number of sulfonamides is 1. The van der Waals surface area contributed by atoms with Crippen LogP contribution < -0.4 is 5.14 Å². The Hall–Kier alpha value is -1.64. The Labute approximate surface area is 126 Å². The smallest absolute Gasteiger partial charge is 0.356 e. The zero-order valence-corrected chi connectivity index (χ0v) is 12.2. The number of halogens is 3. The fraction of sp³-hybridized carbons (Fsp3) is 0.286. The van der Waals surface area contributed by atoms with Gasteiger partial charge < -0.3 is 4.74 Å². The van der Waals surface area contributed by atoms with Crippen molar-refractivity contribution in [1.29, 1.82) is 0 Å². The summed E-state index contributed by atoms with van der Waals surface area (Å²) < 4.78 is 65.1. The van der Waals surface area contributed by atoms with Crippen molar-refractivity contribution in [3.8, 4) is 0 Å². The molecule has 0 radical (unpaired) electrons. The molecule has 0 spiro atoms. The van der Waals surface area contributed by atoms with E-state index < -0.39 is 28.4 Å². The monoisotopic (exact) mass is 333 g/mol. The molecule has 0 aliphatic heterocycles. The minimum atomic E-state index is -4.49. The van der Waals surface area contributed by atoms with Gasteiger partial charge in [-0.3, -0.25) is 0 Å². The highest BCUT2D eigenvalue weighted by atomic mass is 32.2. The number of primary sulfonamides is 1. The molecule has 1 aromatic carbocycles. The first-order chi connectivity index (χ1) is 10.1. The summed E-state index contributed by atoms with van der Waals surface area (Å²) in [5, 5.41) is 5.01. The average molecular weight is 333 g/mol. The lowest BCUT2D eigenvalue weighted by Crippen LogP contribution is -2.33. The van der Waals surface area contributed by atoms with Gasteiger partial charge in [0.15, 0.2) is 0 Å². The first-order valence-electron chi connectivity index (χ1n) is 6.31. The van der Waals surface area contributed by atoms with Gasteiger partial charge in [0.05, 0.1) is 4.91 Å². The second-order valence-corrected chi connectivity index (χ2v) is 6.41. The summed E-state index contributed by atoms with van der Waals surface area (Å²) in [5.41, 5.74) is -0.870. The Bertz CT molecular complexity index is 696. The average Bonchev–Trinajstić information content (AvgIpc) is 2.45. The molecule has 120 valence electrons. The summed E-state index contributed by atoms with van der Waals surface area (Å²) in [4.78, 5) is -0.144. The van der Waals surface area contributed by atoms with Crippen LogP contribution in [0.2, 0.25) is 0 Å². The lowest BCUT2D eigenvalue weighted by atomic mass is 9.87. The Kier molecular flexibility index (Phi) is 4.46. The van der Waals surface area contributed by atoms with Crippen LogP contribution in [0.25, 0.3) is 0 Å². The lowest BCUT2D eigenvalue weighted by Gasteiger charge is -2.33. The first kappa shape index (κ1) is 16.7. The van der Waals surface area contributed by atoms with Crippen LogP contribution in [0.15, 0.2) is 53.5 Å². The fourth-order valence-corrected chi connectivity index (χ4v) is 2.72. The molecule has 0 heterocycles. The van der Waals surface area contributed by atoms with Crippen molar-refractivity contribution in [3.05, 3.63) is 59.0 Å². The molecule has 0 saturated carbocycles. The van der Waals surface area contributed by atoms with Gasteiger partial charge >= 0.3 is 6.18 Å². The van der Waals surface area contributed by atoms with Crippen LogP contribution in [0.1, 0.15) is 12.0 Å². The topological polar surface area (TPSA) is 69.4 Å². The normalized spacial score (nSPS) is 22.5. The van der Waals surface area contributed by atoms with Gasteiger partial charge in [-0.15, -0.1) is 0 Å². The van der Waals surface area contributed by atoms with Gasteiger partial charge in [0.2, 0.25) is 10.0 Å². The fourth-order valence-electron chi connectivity index (χ4n) is 2.15. The molecule has 1 aromatic rings. The van der Waals surface area contributed by atoms with Crippen LogP contribution in [0.4, 0.5) is 13.2 Å². The van der Waals surface area contributed by atoms with Crippen molar-refractivity contribution in [2.24, 2.45) is 5.14 Å². The molecule has 1 atom stereocenters. The predicted octanol–water partition coefficient (Wildman–Crippen LogP) is 2.59. The first-order valence-corrected chi connectivity index (χ1v) is 7.85. The third-order valence-corrected chi connectivity index (χ3v) is 4.17. The van der Waals surface area contributed by atoms with Crippen molar-refractivity contribution in [3.63, 3.8) is 0 Å². The van der Waals surface area contributed by atoms with Crippen molar-refractivity contribution < 1.29 is 26.3 Å². The Morgan fingerprint density at radius 3 is 2.32 bits per heavy atom. The molecule has 1 aliphatic rings. The minimum absolute atomic E-state index is 0.0602. The molecule has 0 bridgehead atoms. The quantitative estimate of drug-likeness (QED) is 0.921. The molecule has 0 fully saturated rings. The highest BCUT2D eigenvalue weighted by Gasteiger charge is 2.38. The van der Waals surface area contributed by atoms with Gasteiger partial charge in [-0.2, -0.15) is 13.2 Å². The second kappa shape index (κ2) is 5.86. The number of alkyl halides is 3. The third kappa shape index (κ3) is 3.96. The van der Waals surface area contributed by atoms with Gasteiger partial charge in [-0.05, 0) is 17.7 Å². The zero-order chi connectivity index (χ0) is 16.4. The van der Waals surface area contributed by atoms with Crippen LogP contribution in [0, 0.1) is 0 Å². The summed E-state index contributed by atoms with van der Waals surface area (Å²) >= 11 is 0. The van der Waals surface area contributed by atoms with Crippen LogP contribution >= 0.6 is 0 Å². The molecular weight excluding hydrogens is 319 g/mol. The van der Waals surface area contributed by atoms with Crippen LogP contribution in [0.5, 0.6) is 0 Å². The lowest BCUT2D eigenvalue weighted by molar-refractivity contribution is -0.199. The van der Waals surface area contributed by atoms with Crippen molar-refractivity contribution in [2.45, 2.75) is 18.2 Å². The highest BCUT2D eigenvalue weighted by Crippen LogP contribution is 2.37. The van der Waals surface area contributed by atoms with Gasteiger partial charge in [0.25, 0.3) is 0 Å². The standard InChI is InChI=1S/C14H14F3NO3S/c15-14(16,17)10-21-13(11-4-2-1-3-5-11)8-6-12(7-9-13)22(18,19)20/h1-8H,9-10H2,(H2,18,19,20). The summed E-state index contributed by atoms with van der Waals surface area (Å²) in [6.07, 6.45) is -0.816. The molecule has 1 unspecified atom stereocenters. The van der Waals surface area contributed by atoms with E-state index in [4.69, 9.17) is 9.88 Å². The summed E-state index contributed by atoms with van der Waals surface area (Å²) in [5.74, 6) is 0. The van der Waals surface area contributed by atoms with E-state index in [0.717, 1.165) is 0 Å². The molecule has 2 N–H and O–H groups in total. The Morgan fingerprint density at radius 1 is 1.23 bits per heavy atom. The molecule has 0 saturated heterocycles. The molecule has 4 nitrogen and oxygen atoms in total. The Morgan fingerprint density at radius 2 is 1.86 bits per heavy atom. The minimum Gasteiger partial charge on any atom is -0.356 e. The van der Waals surface area contributed by atoms with E-state index in [-0.39, 0.29) is 11.3 Å². The Balaban J connectivity index is 2.34. The van der Waals surface area contributed by atoms with E-state index in [1.54, 1.807) is 30.3 Å². The van der Waals surface area contributed by atoms with Gasteiger partial charge in [0, 0.05) is 6.42 Å². The van der Waals surface area contributed by atoms with E-state index in [0.29, 0.717) is 5.56 Å². The van der Waals surface area contributed by atoms with E-state index in [9.17, 15) is 21.6 Å². The second-order valence-electron chi connectivity index (χ2n) is 4.85. The van der Waals surface area contributed by atoms with Crippen molar-refractivity contribution in [1.82, 2.24) is 0 Å². The van der Waals surface area contributed by atoms with Crippen LogP contribution in [0.3, 0.4) is 0 Å². The molecule has 0 aromatic heterocycles. The maximum Gasteiger partial charge on any atom is 0.411 e. The predicted molar refractivity (Wildman–Crippen MR) is 75.1 cm³/mol. The largest absolute Gasteiger partial charge is 0.411 e. The molecule has 0 amide bonds. The molecular formula is C14H14F3NO3S. The SMILES string of the molecule is NS(=O)(=O)C1=CCC(OCC(F)(F)F)(c2ccccc2)C=C1. The number of hydrogen-bond acceptors (Lipinski definition) is 3. The molecule has 8 heteroatoms. The van der Waals surface area contributed by atoms with Gasteiger partial charge in [-0.25, -0.2) is 13.6 Å². The number of nitrogens with two attached hydrogens (primary N) is 1. The molecule has 1 aliphatic carbocycles. The van der Waals surface area contributed by atoms with Crippen molar-refractivity contribution >= 4 is 10.0 Å². The number of ether oxygens (including phenoxy) is 1. The van der Waals surface area contributed by atoms with E-state index in [1.807, 2.05) is 0 Å². The van der Waals surface area contributed by atoms with Gasteiger partial charge in [0.1, 0.15) is 12.2 Å². The van der Waals surface area contributed by atoms with E-state index >= 15 is 0 Å². The van der Waals surface area contributed by atoms with Gasteiger partial charge in [-0.1, -0.05) is 36.4 Å². The summed E-state index contributed by atoms with van der Waals surface area (Å²) in [6, 6.07) is 8.30. The third-order valence-electron chi connectivity index (χ3n) is 3.21. The highest BCUT2D eigenvalue weighted by molar-refractivity contribution is 7.93. The maximum atomic E-state index is 12.5. The maximum absolute atomic E-state index is 12.5. The van der Waals surface area contributed by atoms with Crippen LogP contribution in [-0.2, 0) is 20.4 Å². The summed E-state index contributed by atoms with van der Waals surface area (Å²) in [7, 11) is -3.91. The van der Waals surface area contributed by atoms with E-state index in [1.165, 1.54) is 18.2 Å². The molecule has 2 rings (SSSR count). The van der Waals surface area contributed by atoms with Crippen molar-refractivity contribution in [2.75, 3.05) is 6.61 Å². The summed E-state index contributed by atoms with van der Waals surface area (Å²) in [6.45, 7) is -1.44. The zero-order valence-electron chi connectivity index (χ0n) is 11.4.